The van der Waals surface area contributed by atoms with Crippen molar-refractivity contribution in [2.45, 2.75) is 45.3 Å². The Kier molecular flexibility index (Phi) is 4.82. The number of nitrogens with zero attached hydrogens (tertiary/aromatic N) is 2. The monoisotopic (exact) mass is 324 g/mol. The van der Waals surface area contributed by atoms with Crippen LogP contribution in [0.5, 0.6) is 0 Å². The summed E-state index contributed by atoms with van der Waals surface area (Å²) in [5.41, 5.74) is -1.28. The smallest absolute Gasteiger partial charge is 0.407 e. The minimum Gasteiger partial charge on any atom is -0.444 e. The highest BCUT2D eigenvalue weighted by Crippen LogP contribution is 2.16. The normalized spacial score (nSPS) is 16.3. The van der Waals surface area contributed by atoms with Gasteiger partial charge in [0.1, 0.15) is 11.4 Å². The average molecular weight is 324 g/mol. The van der Waals surface area contributed by atoms with Crippen LogP contribution in [0.1, 0.15) is 33.6 Å². The summed E-state index contributed by atoms with van der Waals surface area (Å²) in [5, 5.41) is 2.85. The molecule has 0 saturated carbocycles. The van der Waals surface area contributed by atoms with E-state index < -0.39 is 17.4 Å². The average Bonchev–Trinajstić information content (AvgIpc) is 2.43. The van der Waals surface area contributed by atoms with Gasteiger partial charge in [0.25, 0.3) is 5.56 Å². The lowest BCUT2D eigenvalue weighted by Crippen LogP contribution is -2.47. The number of ether oxygens (including phenoxy) is 1. The predicted molar refractivity (Wildman–Crippen MR) is 86.9 cm³/mol. The van der Waals surface area contributed by atoms with E-state index in [1.165, 1.54) is 13.1 Å². The van der Waals surface area contributed by atoms with Crippen molar-refractivity contribution in [3.05, 3.63) is 26.9 Å². The number of hydrogen-bond acceptors (Lipinski definition) is 5. The first-order chi connectivity index (χ1) is 10.7. The molecular formula is C15H24N4O4. The van der Waals surface area contributed by atoms with E-state index in [9.17, 15) is 14.4 Å². The third-order valence-electron chi connectivity index (χ3n) is 3.69. The minimum atomic E-state index is -0.519. The van der Waals surface area contributed by atoms with Gasteiger partial charge in [0, 0.05) is 32.2 Å². The fourth-order valence-corrected chi connectivity index (χ4v) is 2.45. The molecule has 2 N–H and O–H groups in total. The summed E-state index contributed by atoms with van der Waals surface area (Å²) in [5.74, 6) is 0.522. The maximum Gasteiger partial charge on any atom is 0.407 e. The van der Waals surface area contributed by atoms with Crippen LogP contribution in [-0.2, 0) is 11.8 Å². The van der Waals surface area contributed by atoms with Crippen molar-refractivity contribution >= 4 is 11.9 Å². The number of alkyl carbamates (subject to hydrolysis) is 1. The number of carbonyl (C=O) groups excluding carboxylic acids is 1. The first-order valence-corrected chi connectivity index (χ1v) is 7.70. The maximum absolute atomic E-state index is 11.8. The summed E-state index contributed by atoms with van der Waals surface area (Å²) in [4.78, 5) is 39.7. The zero-order chi connectivity index (χ0) is 17.2. The molecule has 2 heterocycles. The number of hydrogen-bond donors (Lipinski definition) is 2. The van der Waals surface area contributed by atoms with Crippen molar-refractivity contribution in [2.24, 2.45) is 7.05 Å². The second-order valence-corrected chi connectivity index (χ2v) is 6.76. The Balaban J connectivity index is 1.93. The van der Waals surface area contributed by atoms with Crippen molar-refractivity contribution in [1.29, 1.82) is 0 Å². The van der Waals surface area contributed by atoms with Crippen molar-refractivity contribution in [1.82, 2.24) is 14.9 Å². The molecule has 8 heteroatoms. The molecule has 1 aliphatic heterocycles. The van der Waals surface area contributed by atoms with E-state index in [0.29, 0.717) is 18.9 Å². The molecule has 0 aromatic carbocycles. The lowest BCUT2D eigenvalue weighted by molar-refractivity contribution is 0.0497. The summed E-state index contributed by atoms with van der Waals surface area (Å²) in [6, 6.07) is 1.45. The number of amides is 1. The molecule has 8 nitrogen and oxygen atoms in total. The van der Waals surface area contributed by atoms with Gasteiger partial charge in [-0.25, -0.2) is 9.59 Å². The first kappa shape index (κ1) is 17.1. The second-order valence-electron chi connectivity index (χ2n) is 6.76. The zero-order valence-electron chi connectivity index (χ0n) is 14.0. The maximum atomic E-state index is 11.8. The van der Waals surface area contributed by atoms with Crippen LogP contribution < -0.4 is 21.5 Å². The van der Waals surface area contributed by atoms with E-state index in [0.717, 1.165) is 17.4 Å². The van der Waals surface area contributed by atoms with Crippen molar-refractivity contribution in [2.75, 3.05) is 18.0 Å². The van der Waals surface area contributed by atoms with Crippen LogP contribution in [0.4, 0.5) is 10.6 Å². The Bertz CT molecular complexity index is 647. The third kappa shape index (κ3) is 4.61. The van der Waals surface area contributed by atoms with E-state index in [1.807, 2.05) is 25.7 Å². The molecule has 0 aliphatic carbocycles. The van der Waals surface area contributed by atoms with Crippen molar-refractivity contribution < 1.29 is 9.53 Å². The topological polar surface area (TPSA) is 96.4 Å². The second kappa shape index (κ2) is 6.47. The molecule has 2 rings (SSSR count). The molecule has 0 unspecified atom stereocenters. The van der Waals surface area contributed by atoms with Crippen molar-refractivity contribution in [3.8, 4) is 0 Å². The fourth-order valence-electron chi connectivity index (χ4n) is 2.45. The van der Waals surface area contributed by atoms with Crippen LogP contribution in [0.2, 0.25) is 0 Å². The summed E-state index contributed by atoms with van der Waals surface area (Å²) in [6.45, 7) is 6.75. The van der Waals surface area contributed by atoms with Gasteiger partial charge < -0.3 is 15.0 Å². The van der Waals surface area contributed by atoms with E-state index in [2.05, 4.69) is 10.3 Å². The highest BCUT2D eigenvalue weighted by Gasteiger charge is 2.24. The SMILES string of the molecule is Cn1c(=O)cc(N2CCC(NC(=O)OC(C)(C)C)CC2)[nH]c1=O. The molecule has 128 valence electrons. The molecule has 1 fully saturated rings. The highest BCUT2D eigenvalue weighted by atomic mass is 16.6. The first-order valence-electron chi connectivity index (χ1n) is 7.70. The van der Waals surface area contributed by atoms with E-state index in [4.69, 9.17) is 4.74 Å². The number of rotatable bonds is 2. The Labute approximate surface area is 134 Å². The molecule has 1 aromatic rings. The third-order valence-corrected chi connectivity index (χ3v) is 3.69. The molecule has 23 heavy (non-hydrogen) atoms. The lowest BCUT2D eigenvalue weighted by atomic mass is 10.1. The molecule has 1 amide bonds. The number of anilines is 1. The highest BCUT2D eigenvalue weighted by molar-refractivity contribution is 5.68. The van der Waals surface area contributed by atoms with Crippen LogP contribution in [0.25, 0.3) is 0 Å². The molecule has 0 radical (unpaired) electrons. The summed E-state index contributed by atoms with van der Waals surface area (Å²) in [6.07, 6.45) is 1.02. The van der Waals surface area contributed by atoms with E-state index >= 15 is 0 Å². The summed E-state index contributed by atoms with van der Waals surface area (Å²) in [7, 11) is 1.43. The Morgan fingerprint density at radius 2 is 1.91 bits per heavy atom. The fraction of sp³-hybridized carbons (Fsp3) is 0.667. The number of aromatic amines is 1. The van der Waals surface area contributed by atoms with Gasteiger partial charge in [-0.15, -0.1) is 0 Å². The largest absolute Gasteiger partial charge is 0.444 e. The van der Waals surface area contributed by atoms with E-state index in [1.54, 1.807) is 0 Å². The van der Waals surface area contributed by atoms with Crippen LogP contribution in [0.15, 0.2) is 15.7 Å². The molecule has 1 aromatic heterocycles. The van der Waals surface area contributed by atoms with Gasteiger partial charge in [-0.1, -0.05) is 0 Å². The molecule has 0 spiro atoms. The van der Waals surface area contributed by atoms with E-state index in [-0.39, 0.29) is 11.6 Å². The Morgan fingerprint density at radius 1 is 1.30 bits per heavy atom. The van der Waals surface area contributed by atoms with Gasteiger partial charge in [-0.05, 0) is 33.6 Å². The number of piperidine rings is 1. The Hall–Kier alpha value is -2.25. The Morgan fingerprint density at radius 3 is 2.43 bits per heavy atom. The predicted octanol–water partition coefficient (Wildman–Crippen LogP) is 0.567. The summed E-state index contributed by atoms with van der Waals surface area (Å²) >= 11 is 0. The van der Waals surface area contributed by atoms with Gasteiger partial charge in [0.2, 0.25) is 0 Å². The molecular weight excluding hydrogens is 300 g/mol. The summed E-state index contributed by atoms with van der Waals surface area (Å²) < 4.78 is 6.27. The minimum absolute atomic E-state index is 0.0272. The van der Waals surface area contributed by atoms with Crippen LogP contribution in [0, 0.1) is 0 Å². The van der Waals surface area contributed by atoms with Gasteiger partial charge in [0.15, 0.2) is 0 Å². The molecule has 0 atom stereocenters. The van der Waals surface area contributed by atoms with Crippen LogP contribution >= 0.6 is 0 Å². The van der Waals surface area contributed by atoms with Crippen LogP contribution in [0.3, 0.4) is 0 Å². The molecule has 1 aliphatic rings. The van der Waals surface area contributed by atoms with Gasteiger partial charge >= 0.3 is 11.8 Å². The molecule has 0 bridgehead atoms. The molecule has 1 saturated heterocycles. The van der Waals surface area contributed by atoms with Crippen molar-refractivity contribution in [3.63, 3.8) is 0 Å². The quantitative estimate of drug-likeness (QED) is 0.829. The van der Waals surface area contributed by atoms with Crippen LogP contribution in [-0.4, -0.2) is 40.4 Å². The van der Waals surface area contributed by atoms with Gasteiger partial charge in [-0.2, -0.15) is 0 Å². The number of carbonyl (C=O) groups is 1. The standard InChI is InChI=1S/C15H24N4O4/c1-15(2,3)23-14(22)16-10-5-7-19(8-6-10)11-9-12(20)18(4)13(21)17-11/h9-10H,5-8H2,1-4H3,(H,16,22)(H,17,21). The number of nitrogens with one attached hydrogen (secondary N) is 2. The van der Waals surface area contributed by atoms with Gasteiger partial charge in [-0.3, -0.25) is 14.3 Å². The van der Waals surface area contributed by atoms with Gasteiger partial charge in [0.05, 0.1) is 0 Å². The zero-order valence-corrected chi connectivity index (χ0v) is 14.0. The lowest BCUT2D eigenvalue weighted by Gasteiger charge is -2.33. The number of H-pyrrole nitrogens is 1. The number of aromatic nitrogens is 2.